The Bertz CT molecular complexity index is 1130. The first-order chi connectivity index (χ1) is 14.3. The number of amides is 1. The summed E-state index contributed by atoms with van der Waals surface area (Å²) < 4.78 is 28.1. The van der Waals surface area contributed by atoms with Crippen molar-refractivity contribution in [3.8, 4) is 0 Å². The molecule has 0 saturated heterocycles. The first kappa shape index (κ1) is 21.9. The fourth-order valence-corrected chi connectivity index (χ4v) is 4.59. The van der Waals surface area contributed by atoms with Crippen molar-refractivity contribution in [2.45, 2.75) is 24.7 Å². The highest BCUT2D eigenvalue weighted by atomic mass is 35.5. The van der Waals surface area contributed by atoms with Gasteiger partial charge in [-0.25, -0.2) is 8.42 Å². The van der Waals surface area contributed by atoms with E-state index in [4.69, 9.17) is 11.6 Å². The Kier molecular flexibility index (Phi) is 7.13. The number of nitrogens with one attached hydrogen (secondary N) is 2. The summed E-state index contributed by atoms with van der Waals surface area (Å²) in [6.07, 6.45) is 1.63. The first-order valence-electron chi connectivity index (χ1n) is 9.56. The van der Waals surface area contributed by atoms with Crippen LogP contribution in [0, 0.1) is 6.92 Å². The molecule has 1 amide bonds. The Labute approximate surface area is 182 Å². The number of halogens is 1. The third kappa shape index (κ3) is 5.84. The van der Waals surface area contributed by atoms with Crippen LogP contribution in [0.4, 0.5) is 5.69 Å². The highest BCUT2D eigenvalue weighted by Gasteiger charge is 2.20. The fourth-order valence-electron chi connectivity index (χ4n) is 3.01. The van der Waals surface area contributed by atoms with Crippen molar-refractivity contribution in [2.75, 3.05) is 11.3 Å². The molecule has 3 aromatic carbocycles. The van der Waals surface area contributed by atoms with Gasteiger partial charge in [0.05, 0.1) is 5.02 Å². The van der Waals surface area contributed by atoms with Gasteiger partial charge < -0.3 is 5.32 Å². The standard InChI is InChI=1S/C23H23ClN2O3S/c1-17-7-5-11-20(15-17)26-30(28,29)22-16-19(12-13-21(22)24)23(27)25-14-6-10-18-8-3-2-4-9-18/h2-5,7-9,11-13,15-16,26H,6,10,14H2,1H3,(H,25,27). The smallest absolute Gasteiger partial charge is 0.263 e. The van der Waals surface area contributed by atoms with Gasteiger partial charge >= 0.3 is 0 Å². The number of aryl methyl sites for hydroxylation is 2. The highest BCUT2D eigenvalue weighted by Crippen LogP contribution is 2.25. The number of sulfonamides is 1. The zero-order valence-corrected chi connectivity index (χ0v) is 18.1. The molecule has 7 heteroatoms. The van der Waals surface area contributed by atoms with Crippen molar-refractivity contribution in [3.05, 3.63) is 94.5 Å². The van der Waals surface area contributed by atoms with Crippen molar-refractivity contribution in [1.82, 2.24) is 5.32 Å². The molecule has 0 aliphatic carbocycles. The summed E-state index contributed by atoms with van der Waals surface area (Å²) in [5.74, 6) is -0.341. The summed E-state index contributed by atoms with van der Waals surface area (Å²) in [5.41, 5.74) is 2.80. The van der Waals surface area contributed by atoms with Gasteiger partial charge in [-0.05, 0) is 61.2 Å². The van der Waals surface area contributed by atoms with Gasteiger partial charge in [-0.15, -0.1) is 0 Å². The largest absolute Gasteiger partial charge is 0.352 e. The molecule has 156 valence electrons. The van der Waals surface area contributed by atoms with Crippen LogP contribution in [-0.2, 0) is 16.4 Å². The second-order valence-corrected chi connectivity index (χ2v) is 9.02. The molecular formula is C23H23ClN2O3S. The third-order valence-electron chi connectivity index (χ3n) is 4.52. The molecule has 0 fully saturated rings. The van der Waals surface area contributed by atoms with Crippen LogP contribution in [0.3, 0.4) is 0 Å². The molecule has 0 aliphatic heterocycles. The zero-order chi connectivity index (χ0) is 21.6. The van der Waals surface area contributed by atoms with E-state index in [0.717, 1.165) is 18.4 Å². The number of rotatable bonds is 8. The predicted octanol–water partition coefficient (Wildman–Crippen LogP) is 4.81. The topological polar surface area (TPSA) is 75.3 Å². The molecule has 0 atom stereocenters. The lowest BCUT2D eigenvalue weighted by Crippen LogP contribution is -2.25. The second-order valence-electron chi connectivity index (χ2n) is 6.97. The molecule has 0 aliphatic rings. The van der Waals surface area contributed by atoms with Gasteiger partial charge in [0, 0.05) is 17.8 Å². The van der Waals surface area contributed by atoms with Crippen LogP contribution >= 0.6 is 11.6 Å². The Morgan fingerprint density at radius 3 is 2.47 bits per heavy atom. The summed E-state index contributed by atoms with van der Waals surface area (Å²) in [6.45, 7) is 2.35. The summed E-state index contributed by atoms with van der Waals surface area (Å²) in [5, 5.41) is 2.88. The fraction of sp³-hybridized carbons (Fsp3) is 0.174. The van der Waals surface area contributed by atoms with Crippen LogP contribution in [-0.4, -0.2) is 20.9 Å². The minimum Gasteiger partial charge on any atom is -0.352 e. The van der Waals surface area contributed by atoms with E-state index < -0.39 is 10.0 Å². The van der Waals surface area contributed by atoms with Gasteiger partial charge in [0.15, 0.2) is 0 Å². The molecule has 0 heterocycles. The van der Waals surface area contributed by atoms with Crippen molar-refractivity contribution in [3.63, 3.8) is 0 Å². The number of anilines is 1. The van der Waals surface area contributed by atoms with Gasteiger partial charge in [-0.2, -0.15) is 0 Å². The molecule has 3 aromatic rings. The molecule has 2 N–H and O–H groups in total. The van der Waals surface area contributed by atoms with Gasteiger partial charge in [-0.1, -0.05) is 54.1 Å². The maximum atomic E-state index is 12.8. The Morgan fingerprint density at radius 1 is 0.967 bits per heavy atom. The van der Waals surface area contributed by atoms with Gasteiger partial charge in [0.1, 0.15) is 4.90 Å². The summed E-state index contributed by atoms with van der Waals surface area (Å²) in [4.78, 5) is 12.3. The molecule has 0 saturated carbocycles. The SMILES string of the molecule is Cc1cccc(NS(=O)(=O)c2cc(C(=O)NCCCc3ccccc3)ccc2Cl)c1. The average molecular weight is 443 g/mol. The molecule has 0 bridgehead atoms. The third-order valence-corrected chi connectivity index (χ3v) is 6.39. The first-order valence-corrected chi connectivity index (χ1v) is 11.4. The van der Waals surface area contributed by atoms with E-state index in [0.29, 0.717) is 12.2 Å². The van der Waals surface area contributed by atoms with Crippen LogP contribution in [0.2, 0.25) is 5.02 Å². The number of benzene rings is 3. The minimum atomic E-state index is -3.94. The summed E-state index contributed by atoms with van der Waals surface area (Å²) >= 11 is 6.13. The number of carbonyl (C=O) groups excluding carboxylic acids is 1. The van der Waals surface area contributed by atoms with Crippen LogP contribution in [0.15, 0.2) is 77.7 Å². The molecule has 0 aromatic heterocycles. The maximum Gasteiger partial charge on any atom is 0.263 e. The monoisotopic (exact) mass is 442 g/mol. The van der Waals surface area contributed by atoms with Crippen LogP contribution in [0.1, 0.15) is 27.9 Å². The minimum absolute atomic E-state index is 0.0516. The van der Waals surface area contributed by atoms with Gasteiger partial charge in [-0.3, -0.25) is 9.52 Å². The zero-order valence-electron chi connectivity index (χ0n) is 16.6. The molecule has 0 spiro atoms. The number of hydrogen-bond acceptors (Lipinski definition) is 3. The molecular weight excluding hydrogens is 420 g/mol. The lowest BCUT2D eigenvalue weighted by molar-refractivity contribution is 0.0953. The number of hydrogen-bond donors (Lipinski definition) is 2. The van der Waals surface area contributed by atoms with E-state index in [1.54, 1.807) is 18.2 Å². The van der Waals surface area contributed by atoms with Crippen LogP contribution < -0.4 is 10.0 Å². The normalized spacial score (nSPS) is 11.1. The van der Waals surface area contributed by atoms with E-state index in [1.165, 1.54) is 23.8 Å². The van der Waals surface area contributed by atoms with E-state index in [9.17, 15) is 13.2 Å². The van der Waals surface area contributed by atoms with E-state index >= 15 is 0 Å². The van der Waals surface area contributed by atoms with Crippen molar-refractivity contribution in [1.29, 1.82) is 0 Å². The Hall–Kier alpha value is -2.83. The highest BCUT2D eigenvalue weighted by molar-refractivity contribution is 7.92. The molecule has 0 unspecified atom stereocenters. The quantitative estimate of drug-likeness (QED) is 0.491. The second kappa shape index (κ2) is 9.78. The van der Waals surface area contributed by atoms with Crippen molar-refractivity contribution < 1.29 is 13.2 Å². The van der Waals surface area contributed by atoms with Gasteiger partial charge in [0.25, 0.3) is 15.9 Å². The molecule has 0 radical (unpaired) electrons. The van der Waals surface area contributed by atoms with E-state index in [-0.39, 0.29) is 21.4 Å². The Morgan fingerprint density at radius 2 is 1.73 bits per heavy atom. The lowest BCUT2D eigenvalue weighted by Gasteiger charge is -2.12. The van der Waals surface area contributed by atoms with Crippen LogP contribution in [0.25, 0.3) is 0 Å². The van der Waals surface area contributed by atoms with Crippen molar-refractivity contribution >= 4 is 33.2 Å². The number of carbonyl (C=O) groups is 1. The molecule has 3 rings (SSSR count). The summed E-state index contributed by atoms with van der Waals surface area (Å²) in [6, 6.07) is 21.2. The Balaban J connectivity index is 1.67. The van der Waals surface area contributed by atoms with E-state index in [1.807, 2.05) is 43.3 Å². The maximum absolute atomic E-state index is 12.8. The van der Waals surface area contributed by atoms with Crippen molar-refractivity contribution in [2.24, 2.45) is 0 Å². The average Bonchev–Trinajstić information content (AvgIpc) is 2.71. The van der Waals surface area contributed by atoms with E-state index in [2.05, 4.69) is 10.0 Å². The van der Waals surface area contributed by atoms with Crippen LogP contribution in [0.5, 0.6) is 0 Å². The molecule has 5 nitrogen and oxygen atoms in total. The predicted molar refractivity (Wildman–Crippen MR) is 121 cm³/mol. The molecule has 30 heavy (non-hydrogen) atoms. The lowest BCUT2D eigenvalue weighted by atomic mass is 10.1. The summed E-state index contributed by atoms with van der Waals surface area (Å²) in [7, 11) is -3.94. The van der Waals surface area contributed by atoms with Gasteiger partial charge in [0.2, 0.25) is 0 Å².